The molecule has 0 radical (unpaired) electrons. The first kappa shape index (κ1) is 13.2. The Morgan fingerprint density at radius 3 is 2.72 bits per heavy atom. The molecule has 0 spiro atoms. The molecule has 0 N–H and O–H groups in total. The SMILES string of the molecule is CN(Cc1cccc(F)c1)CC1CCC(=O)CC1. The normalized spacial score (nSPS) is 17.4. The predicted molar refractivity (Wildman–Crippen MR) is 69.7 cm³/mol. The van der Waals surface area contributed by atoms with Crippen molar-refractivity contribution in [2.75, 3.05) is 13.6 Å². The molecule has 1 aliphatic rings. The molecule has 0 atom stereocenters. The lowest BCUT2D eigenvalue weighted by atomic mass is 9.88. The number of ketones is 1. The first-order chi connectivity index (χ1) is 8.63. The van der Waals surface area contributed by atoms with Crippen molar-refractivity contribution in [3.8, 4) is 0 Å². The lowest BCUT2D eigenvalue weighted by Gasteiger charge is -2.26. The fourth-order valence-corrected chi connectivity index (χ4v) is 2.63. The van der Waals surface area contributed by atoms with Gasteiger partial charge in [-0.3, -0.25) is 4.79 Å². The molecule has 1 aromatic carbocycles. The lowest BCUT2D eigenvalue weighted by molar-refractivity contribution is -0.121. The van der Waals surface area contributed by atoms with Crippen molar-refractivity contribution >= 4 is 5.78 Å². The van der Waals surface area contributed by atoms with E-state index in [1.807, 2.05) is 6.07 Å². The molecule has 0 unspecified atom stereocenters. The number of Topliss-reactive ketones (excluding diaryl/α,β-unsaturated/α-hetero) is 1. The monoisotopic (exact) mass is 249 g/mol. The van der Waals surface area contributed by atoms with Gasteiger partial charge in [0.2, 0.25) is 0 Å². The van der Waals surface area contributed by atoms with Crippen LogP contribution in [0.25, 0.3) is 0 Å². The largest absolute Gasteiger partial charge is 0.302 e. The number of carbonyl (C=O) groups excluding carboxylic acids is 1. The molecule has 0 heterocycles. The zero-order valence-electron chi connectivity index (χ0n) is 10.9. The van der Waals surface area contributed by atoms with Crippen molar-refractivity contribution in [3.63, 3.8) is 0 Å². The molecule has 18 heavy (non-hydrogen) atoms. The van der Waals surface area contributed by atoms with Crippen LogP contribution in [0.5, 0.6) is 0 Å². The summed E-state index contributed by atoms with van der Waals surface area (Å²) in [6.45, 7) is 1.76. The van der Waals surface area contributed by atoms with Gasteiger partial charge < -0.3 is 4.90 Å². The van der Waals surface area contributed by atoms with E-state index >= 15 is 0 Å². The second-order valence-electron chi connectivity index (χ2n) is 5.31. The third-order valence-electron chi connectivity index (χ3n) is 3.57. The van der Waals surface area contributed by atoms with Crippen LogP contribution < -0.4 is 0 Å². The van der Waals surface area contributed by atoms with E-state index in [1.165, 1.54) is 6.07 Å². The third-order valence-corrected chi connectivity index (χ3v) is 3.57. The Hall–Kier alpha value is -1.22. The molecule has 0 aromatic heterocycles. The minimum absolute atomic E-state index is 0.177. The van der Waals surface area contributed by atoms with Crippen molar-refractivity contribution in [2.45, 2.75) is 32.2 Å². The zero-order chi connectivity index (χ0) is 13.0. The van der Waals surface area contributed by atoms with Crippen LogP contribution in [0.4, 0.5) is 4.39 Å². The van der Waals surface area contributed by atoms with E-state index in [-0.39, 0.29) is 5.82 Å². The van der Waals surface area contributed by atoms with Crippen molar-refractivity contribution in [1.82, 2.24) is 4.90 Å². The van der Waals surface area contributed by atoms with Crippen LogP contribution in [0.2, 0.25) is 0 Å². The minimum atomic E-state index is -0.177. The second-order valence-corrected chi connectivity index (χ2v) is 5.31. The van der Waals surface area contributed by atoms with E-state index in [0.29, 0.717) is 11.7 Å². The third kappa shape index (κ3) is 3.91. The van der Waals surface area contributed by atoms with E-state index in [2.05, 4.69) is 11.9 Å². The van der Waals surface area contributed by atoms with Crippen LogP contribution in [0.1, 0.15) is 31.2 Å². The maximum atomic E-state index is 13.1. The van der Waals surface area contributed by atoms with Gasteiger partial charge in [-0.15, -0.1) is 0 Å². The summed E-state index contributed by atoms with van der Waals surface area (Å²) in [4.78, 5) is 13.4. The van der Waals surface area contributed by atoms with Crippen LogP contribution in [0.3, 0.4) is 0 Å². The van der Waals surface area contributed by atoms with E-state index in [0.717, 1.165) is 44.3 Å². The number of carbonyl (C=O) groups is 1. The maximum absolute atomic E-state index is 13.1. The molecule has 0 bridgehead atoms. The molecule has 98 valence electrons. The Labute approximate surface area is 108 Å². The summed E-state index contributed by atoms with van der Waals surface area (Å²) in [6, 6.07) is 6.75. The lowest BCUT2D eigenvalue weighted by Crippen LogP contribution is -2.28. The van der Waals surface area contributed by atoms with Crippen molar-refractivity contribution in [3.05, 3.63) is 35.6 Å². The van der Waals surface area contributed by atoms with E-state index in [9.17, 15) is 9.18 Å². The van der Waals surface area contributed by atoms with Gasteiger partial charge in [0.15, 0.2) is 0 Å². The topological polar surface area (TPSA) is 20.3 Å². The second kappa shape index (κ2) is 6.10. The smallest absolute Gasteiger partial charge is 0.132 e. The Morgan fingerprint density at radius 2 is 2.06 bits per heavy atom. The number of rotatable bonds is 4. The molecule has 1 aromatic rings. The first-order valence-electron chi connectivity index (χ1n) is 6.58. The average molecular weight is 249 g/mol. The Balaban J connectivity index is 1.81. The molecular formula is C15H20FNO. The molecule has 0 amide bonds. The Kier molecular flexibility index (Phi) is 4.48. The van der Waals surface area contributed by atoms with Gasteiger partial charge in [0.05, 0.1) is 0 Å². The summed E-state index contributed by atoms with van der Waals surface area (Å²) >= 11 is 0. The van der Waals surface area contributed by atoms with Gasteiger partial charge in [-0.1, -0.05) is 12.1 Å². The van der Waals surface area contributed by atoms with Crippen LogP contribution >= 0.6 is 0 Å². The summed E-state index contributed by atoms with van der Waals surface area (Å²) in [5, 5.41) is 0. The Bertz CT molecular complexity index is 409. The average Bonchev–Trinajstić information content (AvgIpc) is 2.32. The molecule has 1 aliphatic carbocycles. The number of benzene rings is 1. The fourth-order valence-electron chi connectivity index (χ4n) is 2.63. The van der Waals surface area contributed by atoms with Crippen LogP contribution in [0.15, 0.2) is 24.3 Å². The van der Waals surface area contributed by atoms with Crippen molar-refractivity contribution in [1.29, 1.82) is 0 Å². The van der Waals surface area contributed by atoms with Crippen LogP contribution in [-0.4, -0.2) is 24.3 Å². The fraction of sp³-hybridized carbons (Fsp3) is 0.533. The van der Waals surface area contributed by atoms with E-state index < -0.39 is 0 Å². The van der Waals surface area contributed by atoms with Gasteiger partial charge in [0, 0.05) is 25.9 Å². The highest BCUT2D eigenvalue weighted by molar-refractivity contribution is 5.79. The molecule has 1 fully saturated rings. The minimum Gasteiger partial charge on any atom is -0.302 e. The van der Waals surface area contributed by atoms with E-state index in [4.69, 9.17) is 0 Å². The van der Waals surface area contributed by atoms with Crippen molar-refractivity contribution in [2.24, 2.45) is 5.92 Å². The number of hydrogen-bond acceptors (Lipinski definition) is 2. The van der Waals surface area contributed by atoms with Gasteiger partial charge >= 0.3 is 0 Å². The van der Waals surface area contributed by atoms with Crippen LogP contribution in [-0.2, 0) is 11.3 Å². The van der Waals surface area contributed by atoms with Gasteiger partial charge in [-0.05, 0) is 43.5 Å². The summed E-state index contributed by atoms with van der Waals surface area (Å²) in [5.74, 6) is 0.837. The predicted octanol–water partition coefficient (Wildman–Crippen LogP) is 3.02. The number of halogens is 1. The highest BCUT2D eigenvalue weighted by Crippen LogP contribution is 2.22. The molecule has 3 heteroatoms. The highest BCUT2D eigenvalue weighted by Gasteiger charge is 2.19. The standard InChI is InChI=1S/C15H20FNO/c1-17(10-12-5-7-15(18)8-6-12)11-13-3-2-4-14(16)9-13/h2-4,9,12H,5-8,10-11H2,1H3. The molecule has 1 saturated carbocycles. The zero-order valence-corrected chi connectivity index (χ0v) is 10.9. The molecule has 2 rings (SSSR count). The molecular weight excluding hydrogens is 229 g/mol. The summed E-state index contributed by atoms with van der Waals surface area (Å²) < 4.78 is 13.1. The summed E-state index contributed by atoms with van der Waals surface area (Å²) in [5.41, 5.74) is 1.00. The number of hydrogen-bond donors (Lipinski definition) is 0. The molecule has 0 aliphatic heterocycles. The van der Waals surface area contributed by atoms with Gasteiger partial charge in [-0.2, -0.15) is 0 Å². The highest BCUT2D eigenvalue weighted by atomic mass is 19.1. The molecule has 0 saturated heterocycles. The quantitative estimate of drug-likeness (QED) is 0.817. The van der Waals surface area contributed by atoms with Gasteiger partial charge in [0.1, 0.15) is 11.6 Å². The molecule has 2 nitrogen and oxygen atoms in total. The van der Waals surface area contributed by atoms with E-state index in [1.54, 1.807) is 12.1 Å². The Morgan fingerprint density at radius 1 is 1.33 bits per heavy atom. The van der Waals surface area contributed by atoms with Gasteiger partial charge in [0.25, 0.3) is 0 Å². The summed E-state index contributed by atoms with van der Waals surface area (Å²) in [7, 11) is 2.06. The van der Waals surface area contributed by atoms with Crippen LogP contribution in [0, 0.1) is 11.7 Å². The first-order valence-corrected chi connectivity index (χ1v) is 6.58. The van der Waals surface area contributed by atoms with Crippen molar-refractivity contribution < 1.29 is 9.18 Å². The van der Waals surface area contributed by atoms with Gasteiger partial charge in [-0.25, -0.2) is 4.39 Å². The maximum Gasteiger partial charge on any atom is 0.132 e. The number of nitrogens with zero attached hydrogens (tertiary/aromatic N) is 1. The summed E-state index contributed by atoms with van der Waals surface area (Å²) in [6.07, 6.45) is 3.48.